The summed E-state index contributed by atoms with van der Waals surface area (Å²) in [7, 11) is 1.54. The van der Waals surface area contributed by atoms with Crippen molar-refractivity contribution in [3.8, 4) is 5.75 Å². The van der Waals surface area contributed by atoms with Gasteiger partial charge in [-0.2, -0.15) is 0 Å². The lowest BCUT2D eigenvalue weighted by molar-refractivity contribution is -0.174. The summed E-state index contributed by atoms with van der Waals surface area (Å²) in [6, 6.07) is 5.97. The third kappa shape index (κ3) is 3.31. The molecule has 1 amide bonds. The molecule has 27 heavy (non-hydrogen) atoms. The van der Waals surface area contributed by atoms with Crippen LogP contribution in [0, 0.1) is 0 Å². The Morgan fingerprint density at radius 3 is 2.48 bits per heavy atom. The normalized spacial score (nSPS) is 29.3. The molecule has 2 saturated heterocycles. The van der Waals surface area contributed by atoms with Crippen LogP contribution in [0.5, 0.6) is 5.75 Å². The van der Waals surface area contributed by atoms with Gasteiger partial charge in [-0.15, -0.1) is 0 Å². The molecule has 2 aliphatic rings. The van der Waals surface area contributed by atoms with E-state index in [1.165, 1.54) is 12.0 Å². The number of aliphatic carboxylic acids is 1. The molecule has 0 aromatic heterocycles. The summed E-state index contributed by atoms with van der Waals surface area (Å²) in [5, 5.41) is 20.2. The van der Waals surface area contributed by atoms with Gasteiger partial charge in [-0.1, -0.05) is 6.58 Å². The molecule has 0 bridgehead atoms. The third-order valence-electron chi connectivity index (χ3n) is 4.88. The summed E-state index contributed by atoms with van der Waals surface area (Å²) >= 11 is 0. The van der Waals surface area contributed by atoms with E-state index in [4.69, 9.17) is 19.3 Å². The smallest absolute Gasteiger partial charge is 0.331 e. The molecule has 8 nitrogen and oxygen atoms in total. The minimum Gasteiger partial charge on any atom is -0.497 e. The number of β-lactam (4-membered cyclic amide) rings is 1. The van der Waals surface area contributed by atoms with Gasteiger partial charge in [-0.25, -0.2) is 4.79 Å². The van der Waals surface area contributed by atoms with Crippen LogP contribution < -0.4 is 9.64 Å². The summed E-state index contributed by atoms with van der Waals surface area (Å²) in [6.07, 6.45) is -1.01. The van der Waals surface area contributed by atoms with Gasteiger partial charge >= 0.3 is 5.97 Å². The minimum absolute atomic E-state index is 0.166. The lowest BCUT2D eigenvalue weighted by atomic mass is 9.74. The highest BCUT2D eigenvalue weighted by Gasteiger charge is 2.65. The summed E-state index contributed by atoms with van der Waals surface area (Å²) in [5.41, 5.74) is -1.63. The average Bonchev–Trinajstić information content (AvgIpc) is 2.97. The Morgan fingerprint density at radius 2 is 2.00 bits per heavy atom. The van der Waals surface area contributed by atoms with Gasteiger partial charge in [0, 0.05) is 17.7 Å². The Labute approximate surface area is 156 Å². The molecule has 0 unspecified atom stereocenters. The Hall–Kier alpha value is -2.42. The lowest BCUT2D eigenvalue weighted by Crippen LogP contribution is -2.78. The Kier molecular flexibility index (Phi) is 4.75. The van der Waals surface area contributed by atoms with E-state index in [1.807, 2.05) is 0 Å². The molecule has 146 valence electrons. The summed E-state index contributed by atoms with van der Waals surface area (Å²) in [6.45, 7) is 7.09. The zero-order chi connectivity index (χ0) is 20.0. The number of carboxylic acid groups (broad SMARTS) is 1. The first-order valence-corrected chi connectivity index (χ1v) is 8.52. The van der Waals surface area contributed by atoms with E-state index in [9.17, 15) is 14.7 Å². The maximum absolute atomic E-state index is 12.8. The Balaban J connectivity index is 1.94. The van der Waals surface area contributed by atoms with Gasteiger partial charge in [0.15, 0.2) is 11.4 Å². The van der Waals surface area contributed by atoms with E-state index in [0.717, 1.165) is 0 Å². The standard InChI is InChI=1S/C19H23NO7/c1-11(16(21)22)9-19(24)15(14-10-26-18(2,3)27-14)20(17(19)23)12-5-7-13(25-4)8-6-12/h5-8,14-15,24H,1,9-10H2,2-4H3,(H,21,22)/t14-,15+,19-/m1/s1. The second kappa shape index (κ2) is 6.63. The molecular weight excluding hydrogens is 354 g/mol. The van der Waals surface area contributed by atoms with Crippen molar-refractivity contribution in [2.24, 2.45) is 0 Å². The molecule has 2 aliphatic heterocycles. The molecule has 3 rings (SSSR count). The predicted octanol–water partition coefficient (Wildman–Crippen LogP) is 1.32. The monoisotopic (exact) mass is 377 g/mol. The van der Waals surface area contributed by atoms with E-state index in [1.54, 1.807) is 38.1 Å². The van der Waals surface area contributed by atoms with Crippen molar-refractivity contribution in [2.75, 3.05) is 18.6 Å². The number of amides is 1. The van der Waals surface area contributed by atoms with Crippen molar-refractivity contribution in [1.82, 2.24) is 0 Å². The molecule has 3 atom stereocenters. The molecule has 2 heterocycles. The minimum atomic E-state index is -1.93. The number of aliphatic hydroxyl groups is 1. The molecule has 0 saturated carbocycles. The number of carbonyl (C=O) groups excluding carboxylic acids is 1. The topological polar surface area (TPSA) is 106 Å². The number of hydrogen-bond acceptors (Lipinski definition) is 6. The molecule has 1 aromatic rings. The van der Waals surface area contributed by atoms with Crippen molar-refractivity contribution in [3.63, 3.8) is 0 Å². The number of anilines is 1. The van der Waals surface area contributed by atoms with Crippen LogP contribution >= 0.6 is 0 Å². The highest BCUT2D eigenvalue weighted by molar-refractivity contribution is 6.09. The quantitative estimate of drug-likeness (QED) is 0.569. The van der Waals surface area contributed by atoms with Crippen molar-refractivity contribution >= 4 is 17.6 Å². The number of rotatable bonds is 6. The Bertz CT molecular complexity index is 773. The lowest BCUT2D eigenvalue weighted by Gasteiger charge is -2.54. The second-order valence-electron chi connectivity index (χ2n) is 7.19. The highest BCUT2D eigenvalue weighted by atomic mass is 16.7. The van der Waals surface area contributed by atoms with Gasteiger partial charge in [-0.3, -0.25) is 4.79 Å². The fourth-order valence-electron chi connectivity index (χ4n) is 3.56. The van der Waals surface area contributed by atoms with E-state index in [2.05, 4.69) is 6.58 Å². The number of hydrogen-bond donors (Lipinski definition) is 2. The van der Waals surface area contributed by atoms with Crippen LogP contribution in [0.3, 0.4) is 0 Å². The van der Waals surface area contributed by atoms with E-state index in [0.29, 0.717) is 11.4 Å². The van der Waals surface area contributed by atoms with Crippen LogP contribution in [0.4, 0.5) is 5.69 Å². The van der Waals surface area contributed by atoms with Crippen LogP contribution in [0.1, 0.15) is 20.3 Å². The zero-order valence-electron chi connectivity index (χ0n) is 15.5. The average molecular weight is 377 g/mol. The largest absolute Gasteiger partial charge is 0.497 e. The molecule has 2 N–H and O–H groups in total. The van der Waals surface area contributed by atoms with Gasteiger partial charge in [0.25, 0.3) is 5.91 Å². The van der Waals surface area contributed by atoms with Gasteiger partial charge in [0.05, 0.1) is 13.7 Å². The number of methoxy groups -OCH3 is 1. The maximum atomic E-state index is 12.8. The zero-order valence-corrected chi connectivity index (χ0v) is 15.5. The van der Waals surface area contributed by atoms with Crippen LogP contribution in [0.25, 0.3) is 0 Å². The van der Waals surface area contributed by atoms with Crippen LogP contribution in [0.15, 0.2) is 36.4 Å². The van der Waals surface area contributed by atoms with Crippen molar-refractivity contribution in [1.29, 1.82) is 0 Å². The van der Waals surface area contributed by atoms with E-state index in [-0.39, 0.29) is 12.2 Å². The van der Waals surface area contributed by atoms with E-state index < -0.39 is 41.8 Å². The molecule has 1 aromatic carbocycles. The van der Waals surface area contributed by atoms with Crippen molar-refractivity contribution < 1.29 is 34.0 Å². The van der Waals surface area contributed by atoms with Crippen molar-refractivity contribution in [2.45, 2.75) is 43.8 Å². The van der Waals surface area contributed by atoms with Crippen LogP contribution in [-0.2, 0) is 19.1 Å². The van der Waals surface area contributed by atoms with Crippen LogP contribution in [-0.4, -0.2) is 59.3 Å². The fourth-order valence-corrected chi connectivity index (χ4v) is 3.56. The first-order chi connectivity index (χ1) is 12.6. The SMILES string of the molecule is C=C(C[C@]1(O)C(=O)N(c2ccc(OC)cc2)[C@H]1[C@H]1COC(C)(C)O1)C(=O)O. The van der Waals surface area contributed by atoms with Gasteiger partial charge in [-0.05, 0) is 38.1 Å². The molecule has 8 heteroatoms. The fraction of sp³-hybridized carbons (Fsp3) is 0.474. The highest BCUT2D eigenvalue weighted by Crippen LogP contribution is 2.44. The first kappa shape index (κ1) is 19.3. The molecule has 2 fully saturated rings. The van der Waals surface area contributed by atoms with Gasteiger partial charge in [0.2, 0.25) is 0 Å². The molecule has 0 spiro atoms. The van der Waals surface area contributed by atoms with E-state index >= 15 is 0 Å². The second-order valence-corrected chi connectivity index (χ2v) is 7.19. The number of nitrogens with zero attached hydrogens (tertiary/aromatic N) is 1. The number of carboxylic acids is 1. The first-order valence-electron chi connectivity index (χ1n) is 8.52. The summed E-state index contributed by atoms with van der Waals surface area (Å²) < 4.78 is 16.6. The number of benzene rings is 1. The third-order valence-corrected chi connectivity index (χ3v) is 4.88. The number of carbonyl (C=O) groups is 2. The van der Waals surface area contributed by atoms with Gasteiger partial charge < -0.3 is 29.3 Å². The predicted molar refractivity (Wildman–Crippen MR) is 95.5 cm³/mol. The summed E-state index contributed by atoms with van der Waals surface area (Å²) in [4.78, 5) is 25.4. The van der Waals surface area contributed by atoms with Gasteiger partial charge in [0.1, 0.15) is 17.9 Å². The molecular formula is C19H23NO7. The molecule has 0 radical (unpaired) electrons. The Morgan fingerprint density at radius 1 is 1.37 bits per heavy atom. The maximum Gasteiger partial charge on any atom is 0.331 e. The summed E-state index contributed by atoms with van der Waals surface area (Å²) in [5.74, 6) is -2.10. The van der Waals surface area contributed by atoms with Crippen LogP contribution in [0.2, 0.25) is 0 Å². The number of ether oxygens (including phenoxy) is 3. The molecule has 0 aliphatic carbocycles. The van der Waals surface area contributed by atoms with Crippen molar-refractivity contribution in [3.05, 3.63) is 36.4 Å².